The summed E-state index contributed by atoms with van der Waals surface area (Å²) in [5.74, 6) is 0.305. The smallest absolute Gasteiger partial charge is 0.115 e. The van der Waals surface area contributed by atoms with Crippen LogP contribution in [0.4, 0.5) is 0 Å². The van der Waals surface area contributed by atoms with Gasteiger partial charge in [-0.05, 0) is 41.6 Å². The minimum absolute atomic E-state index is 0.305. The maximum absolute atomic E-state index is 9.18. The third kappa shape index (κ3) is 2.34. The number of hydrogen-bond acceptors (Lipinski definition) is 2. The average molecular weight is 216 g/mol. The van der Waals surface area contributed by atoms with Crippen molar-refractivity contribution in [3.05, 3.63) is 48.5 Å². The van der Waals surface area contributed by atoms with Crippen molar-refractivity contribution < 1.29 is 5.11 Å². The zero-order valence-corrected chi connectivity index (χ0v) is 9.29. The topological polar surface area (TPSA) is 20.2 Å². The van der Waals surface area contributed by atoms with Crippen LogP contribution in [0.25, 0.3) is 11.1 Å². The summed E-state index contributed by atoms with van der Waals surface area (Å²) >= 11 is 1.74. The van der Waals surface area contributed by atoms with Gasteiger partial charge >= 0.3 is 0 Å². The summed E-state index contributed by atoms with van der Waals surface area (Å²) in [4.78, 5) is 1.26. The second kappa shape index (κ2) is 4.41. The standard InChI is InChI=1S/C13H12OS/c1-15-13-8-4-11(5-9-13)10-2-6-12(14)7-3-10/h2-9,14H,1H3. The first-order valence-corrected chi connectivity index (χ1v) is 5.95. The molecule has 15 heavy (non-hydrogen) atoms. The fourth-order valence-electron chi connectivity index (χ4n) is 1.44. The molecular weight excluding hydrogens is 204 g/mol. The molecule has 76 valence electrons. The van der Waals surface area contributed by atoms with Crippen LogP contribution in [-0.4, -0.2) is 11.4 Å². The van der Waals surface area contributed by atoms with Gasteiger partial charge in [0.05, 0.1) is 0 Å². The van der Waals surface area contributed by atoms with Gasteiger partial charge in [0.2, 0.25) is 0 Å². The Morgan fingerprint density at radius 1 is 0.800 bits per heavy atom. The molecule has 0 amide bonds. The fraction of sp³-hybridized carbons (Fsp3) is 0.0769. The van der Waals surface area contributed by atoms with Gasteiger partial charge in [0, 0.05) is 4.90 Å². The van der Waals surface area contributed by atoms with Crippen molar-refractivity contribution in [2.24, 2.45) is 0 Å². The van der Waals surface area contributed by atoms with Crippen molar-refractivity contribution >= 4 is 11.8 Å². The molecule has 0 fully saturated rings. The van der Waals surface area contributed by atoms with Crippen LogP contribution in [0.1, 0.15) is 0 Å². The summed E-state index contributed by atoms with van der Waals surface area (Å²) in [5, 5.41) is 9.18. The Morgan fingerprint density at radius 2 is 1.27 bits per heavy atom. The lowest BCUT2D eigenvalue weighted by atomic mass is 10.1. The van der Waals surface area contributed by atoms with E-state index in [1.807, 2.05) is 12.1 Å². The van der Waals surface area contributed by atoms with Crippen LogP contribution < -0.4 is 0 Å². The van der Waals surface area contributed by atoms with Gasteiger partial charge in [-0.1, -0.05) is 24.3 Å². The predicted molar refractivity (Wildman–Crippen MR) is 65.3 cm³/mol. The Hall–Kier alpha value is -1.41. The van der Waals surface area contributed by atoms with Gasteiger partial charge in [-0.2, -0.15) is 0 Å². The third-order valence-electron chi connectivity index (χ3n) is 2.29. The summed E-state index contributed by atoms with van der Waals surface area (Å²) in [6.45, 7) is 0. The van der Waals surface area contributed by atoms with Gasteiger partial charge in [-0.3, -0.25) is 0 Å². The van der Waals surface area contributed by atoms with E-state index in [1.165, 1.54) is 10.5 Å². The first-order chi connectivity index (χ1) is 7.29. The lowest BCUT2D eigenvalue weighted by Gasteiger charge is -2.02. The minimum atomic E-state index is 0.305. The van der Waals surface area contributed by atoms with E-state index in [9.17, 15) is 5.11 Å². The molecule has 1 N–H and O–H groups in total. The van der Waals surface area contributed by atoms with Gasteiger partial charge in [-0.25, -0.2) is 0 Å². The maximum Gasteiger partial charge on any atom is 0.115 e. The molecule has 0 atom stereocenters. The largest absolute Gasteiger partial charge is 0.508 e. The van der Waals surface area contributed by atoms with Crippen LogP contribution in [0.3, 0.4) is 0 Å². The first-order valence-electron chi connectivity index (χ1n) is 4.73. The number of phenols is 1. The molecule has 0 saturated carbocycles. The molecule has 2 aromatic carbocycles. The fourth-order valence-corrected chi connectivity index (χ4v) is 1.85. The molecule has 0 aliphatic carbocycles. The zero-order valence-electron chi connectivity index (χ0n) is 8.47. The molecule has 0 radical (unpaired) electrons. The Balaban J connectivity index is 2.33. The Morgan fingerprint density at radius 3 is 1.73 bits per heavy atom. The summed E-state index contributed by atoms with van der Waals surface area (Å²) in [7, 11) is 0. The molecule has 2 aromatic rings. The van der Waals surface area contributed by atoms with E-state index in [0.29, 0.717) is 5.75 Å². The van der Waals surface area contributed by atoms with Crippen LogP contribution in [0.2, 0.25) is 0 Å². The summed E-state index contributed by atoms with van der Waals surface area (Å²) in [6, 6.07) is 15.7. The molecule has 0 saturated heterocycles. The van der Waals surface area contributed by atoms with Crippen molar-refractivity contribution in [2.75, 3.05) is 6.26 Å². The highest BCUT2D eigenvalue weighted by molar-refractivity contribution is 7.98. The van der Waals surface area contributed by atoms with E-state index in [2.05, 4.69) is 30.5 Å². The second-order valence-corrected chi connectivity index (χ2v) is 4.16. The molecule has 1 nitrogen and oxygen atoms in total. The Kier molecular flexibility index (Phi) is 2.97. The van der Waals surface area contributed by atoms with Crippen LogP contribution in [0, 0.1) is 0 Å². The lowest BCUT2D eigenvalue weighted by molar-refractivity contribution is 0.475. The van der Waals surface area contributed by atoms with Gasteiger partial charge in [0.15, 0.2) is 0 Å². The summed E-state index contributed by atoms with van der Waals surface area (Å²) in [6.07, 6.45) is 2.07. The Bertz CT molecular complexity index is 431. The van der Waals surface area contributed by atoms with Gasteiger partial charge in [-0.15, -0.1) is 11.8 Å². The van der Waals surface area contributed by atoms with Crippen molar-refractivity contribution in [3.63, 3.8) is 0 Å². The molecule has 0 aromatic heterocycles. The summed E-state index contributed by atoms with van der Waals surface area (Å²) in [5.41, 5.74) is 2.30. The van der Waals surface area contributed by atoms with E-state index in [1.54, 1.807) is 23.9 Å². The zero-order chi connectivity index (χ0) is 10.7. The molecule has 0 heterocycles. The average Bonchev–Trinajstić information content (AvgIpc) is 2.30. The van der Waals surface area contributed by atoms with Crippen LogP contribution in [0.15, 0.2) is 53.4 Å². The molecule has 0 unspecified atom stereocenters. The van der Waals surface area contributed by atoms with E-state index < -0.39 is 0 Å². The van der Waals surface area contributed by atoms with E-state index in [0.717, 1.165) is 5.56 Å². The quantitative estimate of drug-likeness (QED) is 0.771. The normalized spacial score (nSPS) is 10.2. The molecule has 2 heteroatoms. The molecule has 0 aliphatic rings. The monoisotopic (exact) mass is 216 g/mol. The van der Waals surface area contributed by atoms with E-state index in [-0.39, 0.29) is 0 Å². The van der Waals surface area contributed by atoms with E-state index >= 15 is 0 Å². The first kappa shape index (κ1) is 10.1. The van der Waals surface area contributed by atoms with E-state index in [4.69, 9.17) is 0 Å². The lowest BCUT2D eigenvalue weighted by Crippen LogP contribution is -1.77. The highest BCUT2D eigenvalue weighted by atomic mass is 32.2. The molecule has 0 aliphatic heterocycles. The second-order valence-electron chi connectivity index (χ2n) is 3.28. The molecule has 0 bridgehead atoms. The SMILES string of the molecule is CSc1ccc(-c2ccc(O)cc2)cc1. The van der Waals surface area contributed by atoms with Crippen LogP contribution >= 0.6 is 11.8 Å². The van der Waals surface area contributed by atoms with Crippen LogP contribution in [-0.2, 0) is 0 Å². The molecule has 0 spiro atoms. The van der Waals surface area contributed by atoms with Gasteiger partial charge < -0.3 is 5.11 Å². The number of benzene rings is 2. The number of rotatable bonds is 2. The highest BCUT2D eigenvalue weighted by Crippen LogP contribution is 2.24. The number of thioether (sulfide) groups is 1. The van der Waals surface area contributed by atoms with Crippen molar-refractivity contribution in [1.29, 1.82) is 0 Å². The molecule has 2 rings (SSSR count). The van der Waals surface area contributed by atoms with Gasteiger partial charge in [0.25, 0.3) is 0 Å². The third-order valence-corrected chi connectivity index (χ3v) is 3.03. The van der Waals surface area contributed by atoms with Crippen molar-refractivity contribution in [1.82, 2.24) is 0 Å². The van der Waals surface area contributed by atoms with Crippen molar-refractivity contribution in [3.8, 4) is 16.9 Å². The number of phenolic OH excluding ortho intramolecular Hbond substituents is 1. The Labute approximate surface area is 93.8 Å². The highest BCUT2D eigenvalue weighted by Gasteiger charge is 1.97. The predicted octanol–water partition coefficient (Wildman–Crippen LogP) is 3.78. The number of aromatic hydroxyl groups is 1. The molecular formula is C13H12OS. The van der Waals surface area contributed by atoms with Gasteiger partial charge in [0.1, 0.15) is 5.75 Å². The minimum Gasteiger partial charge on any atom is -0.508 e. The number of hydrogen-bond donors (Lipinski definition) is 1. The maximum atomic E-state index is 9.18. The van der Waals surface area contributed by atoms with Crippen molar-refractivity contribution in [2.45, 2.75) is 4.90 Å². The summed E-state index contributed by atoms with van der Waals surface area (Å²) < 4.78 is 0. The van der Waals surface area contributed by atoms with Crippen LogP contribution in [0.5, 0.6) is 5.75 Å².